The number of hydrogen-bond donors (Lipinski definition) is 1. The van der Waals surface area contributed by atoms with Crippen molar-refractivity contribution in [3.8, 4) is 0 Å². The van der Waals surface area contributed by atoms with Crippen LogP contribution in [0.2, 0.25) is 0 Å². The van der Waals surface area contributed by atoms with Gasteiger partial charge in [0.2, 0.25) is 5.91 Å². The van der Waals surface area contributed by atoms with E-state index in [1.165, 1.54) is 16.3 Å². The number of amides is 1. The quantitative estimate of drug-likeness (QED) is 0.842. The van der Waals surface area contributed by atoms with Crippen LogP contribution in [0.15, 0.2) is 42.5 Å². The molecule has 1 aliphatic rings. The van der Waals surface area contributed by atoms with Crippen molar-refractivity contribution in [1.82, 2.24) is 15.1 Å². The fraction of sp³-hybridized carbons (Fsp3) is 0.476. The van der Waals surface area contributed by atoms with E-state index in [1.54, 1.807) is 0 Å². The van der Waals surface area contributed by atoms with Gasteiger partial charge in [-0.05, 0) is 29.2 Å². The van der Waals surface area contributed by atoms with Gasteiger partial charge >= 0.3 is 0 Å². The van der Waals surface area contributed by atoms with Gasteiger partial charge in [-0.1, -0.05) is 49.4 Å². The summed E-state index contributed by atoms with van der Waals surface area (Å²) in [6.07, 6.45) is 2.08. The van der Waals surface area contributed by atoms with Crippen LogP contribution in [0.5, 0.6) is 0 Å². The van der Waals surface area contributed by atoms with Gasteiger partial charge in [-0.3, -0.25) is 9.69 Å². The third-order valence-corrected chi connectivity index (χ3v) is 4.93. The van der Waals surface area contributed by atoms with E-state index in [-0.39, 0.29) is 5.91 Å². The van der Waals surface area contributed by atoms with Crippen molar-refractivity contribution in [3.63, 3.8) is 0 Å². The normalized spacial score (nSPS) is 16.2. The van der Waals surface area contributed by atoms with Crippen molar-refractivity contribution in [3.05, 3.63) is 48.0 Å². The lowest BCUT2D eigenvalue weighted by Gasteiger charge is -2.34. The molecule has 1 saturated heterocycles. The van der Waals surface area contributed by atoms with E-state index in [0.29, 0.717) is 6.54 Å². The molecule has 4 nitrogen and oxygen atoms in total. The van der Waals surface area contributed by atoms with Gasteiger partial charge in [0.05, 0.1) is 6.54 Å². The lowest BCUT2D eigenvalue weighted by atomic mass is 10.0. The third kappa shape index (κ3) is 5.28. The minimum atomic E-state index is 0.159. The van der Waals surface area contributed by atoms with Crippen molar-refractivity contribution in [2.24, 2.45) is 0 Å². The van der Waals surface area contributed by atoms with Gasteiger partial charge in [-0.15, -0.1) is 0 Å². The minimum absolute atomic E-state index is 0.159. The topological polar surface area (TPSA) is 35.6 Å². The SMILES string of the molecule is CCCNC(=O)CN1CCN(CCc2ccc3ccccc3c2)CC1. The highest BCUT2D eigenvalue weighted by atomic mass is 16.2. The van der Waals surface area contributed by atoms with Crippen LogP contribution in [0.4, 0.5) is 0 Å². The standard InChI is InChI=1S/C21H29N3O/c1-2-10-22-21(25)17-24-14-12-23(13-15-24)11-9-18-7-8-19-5-3-4-6-20(19)16-18/h3-8,16H,2,9-15,17H2,1H3,(H,22,25). The van der Waals surface area contributed by atoms with Crippen molar-refractivity contribution in [1.29, 1.82) is 0 Å². The maximum Gasteiger partial charge on any atom is 0.234 e. The number of rotatable bonds is 7. The Morgan fingerprint density at radius 3 is 2.48 bits per heavy atom. The second-order valence-electron chi connectivity index (χ2n) is 6.90. The fourth-order valence-corrected chi connectivity index (χ4v) is 3.38. The molecule has 0 aromatic heterocycles. The molecule has 0 spiro atoms. The van der Waals surface area contributed by atoms with E-state index >= 15 is 0 Å². The molecule has 1 fully saturated rings. The van der Waals surface area contributed by atoms with Crippen LogP contribution in [0.25, 0.3) is 10.8 Å². The van der Waals surface area contributed by atoms with Crippen molar-refractivity contribution >= 4 is 16.7 Å². The molecular formula is C21H29N3O. The molecule has 0 bridgehead atoms. The summed E-state index contributed by atoms with van der Waals surface area (Å²) in [6.45, 7) is 8.56. The van der Waals surface area contributed by atoms with E-state index < -0.39 is 0 Å². The first kappa shape index (κ1) is 17.9. The molecule has 0 aliphatic carbocycles. The molecule has 0 radical (unpaired) electrons. The summed E-state index contributed by atoms with van der Waals surface area (Å²) in [4.78, 5) is 16.6. The van der Waals surface area contributed by atoms with E-state index in [9.17, 15) is 4.79 Å². The number of piperazine rings is 1. The molecule has 134 valence electrons. The Labute approximate surface area is 150 Å². The third-order valence-electron chi connectivity index (χ3n) is 4.93. The molecule has 25 heavy (non-hydrogen) atoms. The molecular weight excluding hydrogens is 310 g/mol. The number of benzene rings is 2. The predicted molar refractivity (Wildman–Crippen MR) is 104 cm³/mol. The molecule has 1 amide bonds. The van der Waals surface area contributed by atoms with Crippen LogP contribution in [0, 0.1) is 0 Å². The zero-order chi connectivity index (χ0) is 17.5. The first-order valence-electron chi connectivity index (χ1n) is 9.43. The van der Waals surface area contributed by atoms with Crippen LogP contribution in [0.1, 0.15) is 18.9 Å². The summed E-state index contributed by atoms with van der Waals surface area (Å²) in [5, 5.41) is 5.59. The predicted octanol–water partition coefficient (Wildman–Crippen LogP) is 2.53. The summed E-state index contributed by atoms with van der Waals surface area (Å²) in [5.41, 5.74) is 1.40. The number of carbonyl (C=O) groups excluding carboxylic acids is 1. The largest absolute Gasteiger partial charge is 0.355 e. The first-order chi connectivity index (χ1) is 12.2. The van der Waals surface area contributed by atoms with Crippen LogP contribution in [0.3, 0.4) is 0 Å². The van der Waals surface area contributed by atoms with E-state index in [1.807, 2.05) is 0 Å². The van der Waals surface area contributed by atoms with E-state index in [4.69, 9.17) is 0 Å². The van der Waals surface area contributed by atoms with Crippen LogP contribution in [-0.4, -0.2) is 61.5 Å². The molecule has 0 atom stereocenters. The Morgan fingerprint density at radius 2 is 1.72 bits per heavy atom. The zero-order valence-corrected chi connectivity index (χ0v) is 15.2. The van der Waals surface area contributed by atoms with Crippen LogP contribution >= 0.6 is 0 Å². The Bertz CT molecular complexity index is 692. The average Bonchev–Trinajstić information content (AvgIpc) is 2.65. The summed E-state index contributed by atoms with van der Waals surface area (Å²) in [6, 6.07) is 15.3. The van der Waals surface area contributed by atoms with Gasteiger partial charge in [0.25, 0.3) is 0 Å². The number of carbonyl (C=O) groups is 1. The molecule has 2 aromatic carbocycles. The van der Waals surface area contributed by atoms with Crippen molar-refractivity contribution in [2.45, 2.75) is 19.8 Å². The van der Waals surface area contributed by atoms with Gasteiger partial charge in [-0.25, -0.2) is 0 Å². The van der Waals surface area contributed by atoms with Gasteiger partial charge in [-0.2, -0.15) is 0 Å². The number of hydrogen-bond acceptors (Lipinski definition) is 3. The molecule has 1 N–H and O–H groups in total. The molecule has 1 aliphatic heterocycles. The molecule has 3 rings (SSSR count). The van der Waals surface area contributed by atoms with Gasteiger partial charge in [0, 0.05) is 39.3 Å². The second kappa shape index (κ2) is 8.97. The minimum Gasteiger partial charge on any atom is -0.355 e. The summed E-state index contributed by atoms with van der Waals surface area (Å²) in [7, 11) is 0. The Balaban J connectivity index is 1.42. The summed E-state index contributed by atoms with van der Waals surface area (Å²) >= 11 is 0. The Morgan fingerprint density at radius 1 is 1.00 bits per heavy atom. The molecule has 0 unspecified atom stereocenters. The van der Waals surface area contributed by atoms with Gasteiger partial charge in [0.1, 0.15) is 0 Å². The lowest BCUT2D eigenvalue weighted by Crippen LogP contribution is -2.49. The van der Waals surface area contributed by atoms with E-state index in [0.717, 1.165) is 52.1 Å². The summed E-state index contributed by atoms with van der Waals surface area (Å²) in [5.74, 6) is 0.159. The maximum atomic E-state index is 11.8. The highest BCUT2D eigenvalue weighted by Gasteiger charge is 2.18. The molecule has 1 heterocycles. The zero-order valence-electron chi connectivity index (χ0n) is 15.2. The molecule has 2 aromatic rings. The van der Waals surface area contributed by atoms with Gasteiger partial charge in [0.15, 0.2) is 0 Å². The molecule has 0 saturated carbocycles. The highest BCUT2D eigenvalue weighted by Crippen LogP contribution is 2.16. The average molecular weight is 339 g/mol. The number of nitrogens with one attached hydrogen (secondary N) is 1. The van der Waals surface area contributed by atoms with Crippen LogP contribution in [-0.2, 0) is 11.2 Å². The smallest absolute Gasteiger partial charge is 0.234 e. The highest BCUT2D eigenvalue weighted by molar-refractivity contribution is 5.83. The second-order valence-corrected chi connectivity index (χ2v) is 6.90. The van der Waals surface area contributed by atoms with Crippen molar-refractivity contribution in [2.75, 3.05) is 45.8 Å². The van der Waals surface area contributed by atoms with Gasteiger partial charge < -0.3 is 10.2 Å². The number of fused-ring (bicyclic) bond motifs is 1. The Kier molecular flexibility index (Phi) is 6.42. The van der Waals surface area contributed by atoms with Crippen LogP contribution < -0.4 is 5.32 Å². The van der Waals surface area contributed by atoms with E-state index in [2.05, 4.69) is 64.5 Å². The molecule has 4 heteroatoms. The lowest BCUT2D eigenvalue weighted by molar-refractivity contribution is -0.122. The fourth-order valence-electron chi connectivity index (χ4n) is 3.38. The van der Waals surface area contributed by atoms with Crippen molar-refractivity contribution < 1.29 is 4.79 Å². The first-order valence-corrected chi connectivity index (χ1v) is 9.43. The number of nitrogens with zero attached hydrogens (tertiary/aromatic N) is 2. The summed E-state index contributed by atoms with van der Waals surface area (Å²) < 4.78 is 0. The maximum absolute atomic E-state index is 11.8. The Hall–Kier alpha value is -1.91. The monoisotopic (exact) mass is 339 g/mol.